The second kappa shape index (κ2) is 11.2. The number of esters is 1. The normalized spacial score (nSPS) is 15.1. The Morgan fingerprint density at radius 3 is 2.37 bits per heavy atom. The zero-order valence-electron chi connectivity index (χ0n) is 18.5. The highest BCUT2D eigenvalue weighted by molar-refractivity contribution is 5.99. The first-order chi connectivity index (χ1) is 16.6. The molecule has 1 saturated heterocycles. The quantitative estimate of drug-likeness (QED) is 0.192. The molecule has 0 bridgehead atoms. The maximum Gasteiger partial charge on any atom is 0.491 e. The minimum Gasteiger partial charge on any atom is -0.489 e. The summed E-state index contributed by atoms with van der Waals surface area (Å²) in [6, 6.07) is 12.5. The van der Waals surface area contributed by atoms with Gasteiger partial charge in [-0.15, -0.1) is 0 Å². The van der Waals surface area contributed by atoms with Crippen LogP contribution >= 0.6 is 0 Å². The highest BCUT2D eigenvalue weighted by atomic mass is 19.4. The number of piperidine rings is 1. The Kier molecular flexibility index (Phi) is 8.30. The first-order valence-electron chi connectivity index (χ1n) is 10.7. The highest BCUT2D eigenvalue weighted by Crippen LogP contribution is 2.30. The van der Waals surface area contributed by atoms with Crippen LogP contribution in [0.5, 0.6) is 11.5 Å². The van der Waals surface area contributed by atoms with Crippen LogP contribution in [0.3, 0.4) is 0 Å². The van der Waals surface area contributed by atoms with E-state index in [1.807, 2.05) is 6.07 Å². The third-order valence-corrected chi connectivity index (χ3v) is 5.44. The zero-order chi connectivity index (χ0) is 25.5. The molecule has 9 nitrogen and oxygen atoms in total. The smallest absolute Gasteiger partial charge is 0.489 e. The number of alkyl halides is 3. The topological polar surface area (TPSA) is 126 Å². The van der Waals surface area contributed by atoms with Crippen LogP contribution in [0, 0.1) is 0 Å². The first kappa shape index (κ1) is 26.0. The van der Waals surface area contributed by atoms with Gasteiger partial charge in [-0.3, -0.25) is 14.8 Å². The van der Waals surface area contributed by atoms with E-state index in [-0.39, 0.29) is 24.3 Å². The van der Waals surface area contributed by atoms with Gasteiger partial charge in [-0.05, 0) is 43.6 Å². The summed E-state index contributed by atoms with van der Waals surface area (Å²) in [6.07, 6.45) is -4.90. The van der Waals surface area contributed by atoms with Crippen LogP contribution in [0.25, 0.3) is 0 Å². The molecule has 1 fully saturated rings. The van der Waals surface area contributed by atoms with Crippen molar-refractivity contribution in [3.05, 3.63) is 59.7 Å². The van der Waals surface area contributed by atoms with Crippen LogP contribution in [0.2, 0.25) is 0 Å². The molecule has 1 heterocycles. The Morgan fingerprint density at radius 1 is 1.06 bits per heavy atom. The van der Waals surface area contributed by atoms with Crippen LogP contribution < -0.4 is 25.6 Å². The van der Waals surface area contributed by atoms with Crippen molar-refractivity contribution in [3.8, 4) is 11.5 Å². The van der Waals surface area contributed by atoms with Crippen molar-refractivity contribution >= 4 is 17.8 Å². The number of ether oxygens (including phenoxy) is 2. The van der Waals surface area contributed by atoms with Gasteiger partial charge in [-0.2, -0.15) is 13.2 Å². The Morgan fingerprint density at radius 2 is 1.74 bits per heavy atom. The lowest BCUT2D eigenvalue weighted by molar-refractivity contribution is -0.189. The molecule has 2 aromatic rings. The van der Waals surface area contributed by atoms with E-state index in [0.29, 0.717) is 25.9 Å². The Balaban J connectivity index is 1.86. The summed E-state index contributed by atoms with van der Waals surface area (Å²) in [5.74, 6) is -4.65. The number of hydrogen-bond donors (Lipinski definition) is 4. The minimum atomic E-state index is -5.29. The Hall–Kier alpha value is -3.64. The van der Waals surface area contributed by atoms with Gasteiger partial charge >= 0.3 is 12.1 Å². The molecular formula is C23H24F3N3O6. The summed E-state index contributed by atoms with van der Waals surface area (Å²) in [4.78, 5) is 36.4. The zero-order valence-corrected chi connectivity index (χ0v) is 18.5. The van der Waals surface area contributed by atoms with E-state index in [1.54, 1.807) is 24.3 Å². The number of amides is 2. The molecule has 0 saturated carbocycles. The van der Waals surface area contributed by atoms with Crippen LogP contribution in [-0.2, 0) is 16.2 Å². The average Bonchev–Trinajstić information content (AvgIpc) is 2.83. The number of carbonyl (C=O) groups is 3. The maximum absolute atomic E-state index is 13.1. The van der Waals surface area contributed by atoms with Gasteiger partial charge in [0, 0.05) is 6.07 Å². The van der Waals surface area contributed by atoms with Gasteiger partial charge in [0.15, 0.2) is 0 Å². The maximum atomic E-state index is 13.1. The third-order valence-electron chi connectivity index (χ3n) is 5.44. The number of halogens is 3. The first-order valence-corrected chi connectivity index (χ1v) is 10.7. The molecule has 2 amide bonds. The molecule has 188 valence electrons. The summed E-state index contributed by atoms with van der Waals surface area (Å²) in [5.41, 5.74) is 0.891. The number of rotatable bonds is 8. The molecular weight excluding hydrogens is 471 g/mol. The predicted octanol–water partition coefficient (Wildman–Crippen LogP) is 2.48. The molecule has 2 aromatic carbocycles. The Labute approximate surface area is 198 Å². The number of nitrogens with one attached hydrogen (secondary N) is 3. The van der Waals surface area contributed by atoms with Gasteiger partial charge in [0.25, 0.3) is 5.91 Å². The fourth-order valence-corrected chi connectivity index (χ4v) is 3.67. The summed E-state index contributed by atoms with van der Waals surface area (Å²) in [5, 5.41) is 14.7. The lowest BCUT2D eigenvalue weighted by Crippen LogP contribution is -2.56. The SMILES string of the molecule is O=C(CC1(NC(=O)c2ccc(OCc3ccccc3)cc2OC(=O)C(F)(F)F)CCNCC1)NO. The predicted molar refractivity (Wildman–Crippen MR) is 116 cm³/mol. The average molecular weight is 495 g/mol. The van der Waals surface area contributed by atoms with E-state index in [0.717, 1.165) is 11.6 Å². The summed E-state index contributed by atoms with van der Waals surface area (Å²) >= 11 is 0. The fraction of sp³-hybridized carbons (Fsp3) is 0.348. The summed E-state index contributed by atoms with van der Waals surface area (Å²) in [6.45, 7) is 1.01. The molecule has 1 aliphatic heterocycles. The largest absolute Gasteiger partial charge is 0.491 e. The Bertz CT molecular complexity index is 1060. The van der Waals surface area contributed by atoms with Gasteiger partial charge in [0.05, 0.1) is 17.5 Å². The molecule has 0 radical (unpaired) electrons. The van der Waals surface area contributed by atoms with Gasteiger partial charge in [-0.25, -0.2) is 10.3 Å². The lowest BCUT2D eigenvalue weighted by atomic mass is 9.84. The van der Waals surface area contributed by atoms with Crippen LogP contribution in [0.1, 0.15) is 35.2 Å². The lowest BCUT2D eigenvalue weighted by Gasteiger charge is -2.38. The molecule has 0 aliphatic carbocycles. The van der Waals surface area contributed by atoms with Gasteiger partial charge in [-0.1, -0.05) is 30.3 Å². The van der Waals surface area contributed by atoms with E-state index < -0.39 is 35.2 Å². The molecule has 0 atom stereocenters. The second-order valence-electron chi connectivity index (χ2n) is 8.02. The molecule has 0 spiro atoms. The molecule has 1 aliphatic rings. The van der Waals surface area contributed by atoms with Crippen molar-refractivity contribution in [1.29, 1.82) is 0 Å². The van der Waals surface area contributed by atoms with Crippen LogP contribution in [0.4, 0.5) is 13.2 Å². The van der Waals surface area contributed by atoms with Gasteiger partial charge < -0.3 is 20.1 Å². The molecule has 4 N–H and O–H groups in total. The molecule has 3 rings (SSSR count). The summed E-state index contributed by atoms with van der Waals surface area (Å²) < 4.78 is 48.7. The number of hydrogen-bond acceptors (Lipinski definition) is 7. The van der Waals surface area contributed by atoms with Crippen molar-refractivity contribution in [2.75, 3.05) is 13.1 Å². The molecule has 35 heavy (non-hydrogen) atoms. The number of carbonyl (C=O) groups excluding carboxylic acids is 3. The van der Waals surface area contributed by atoms with Crippen LogP contribution in [-0.4, -0.2) is 47.8 Å². The van der Waals surface area contributed by atoms with E-state index >= 15 is 0 Å². The fourth-order valence-electron chi connectivity index (χ4n) is 3.67. The molecule has 12 heteroatoms. The van der Waals surface area contributed by atoms with E-state index in [2.05, 4.69) is 15.4 Å². The van der Waals surface area contributed by atoms with Crippen molar-refractivity contribution in [3.63, 3.8) is 0 Å². The van der Waals surface area contributed by atoms with Gasteiger partial charge in [0.2, 0.25) is 5.91 Å². The summed E-state index contributed by atoms with van der Waals surface area (Å²) in [7, 11) is 0. The second-order valence-corrected chi connectivity index (χ2v) is 8.02. The van der Waals surface area contributed by atoms with E-state index in [1.165, 1.54) is 17.6 Å². The number of benzene rings is 2. The van der Waals surface area contributed by atoms with Crippen molar-refractivity contribution in [1.82, 2.24) is 16.1 Å². The van der Waals surface area contributed by atoms with Crippen molar-refractivity contribution in [2.24, 2.45) is 0 Å². The van der Waals surface area contributed by atoms with Crippen molar-refractivity contribution < 1.29 is 42.2 Å². The monoisotopic (exact) mass is 495 g/mol. The third kappa shape index (κ3) is 7.17. The number of hydroxylamine groups is 1. The standard InChI is InChI=1S/C23H24F3N3O6/c24-23(25,26)21(32)35-18-12-16(34-14-15-4-2-1-3-5-15)6-7-17(18)20(31)28-22(13-19(30)29-33)8-10-27-11-9-22/h1-7,12,27,33H,8-11,13-14H2,(H,28,31)(H,29,30). The van der Waals surface area contributed by atoms with Crippen LogP contribution in [0.15, 0.2) is 48.5 Å². The van der Waals surface area contributed by atoms with E-state index in [4.69, 9.17) is 9.94 Å². The van der Waals surface area contributed by atoms with E-state index in [9.17, 15) is 27.6 Å². The molecule has 0 unspecified atom stereocenters. The molecule has 0 aromatic heterocycles. The van der Waals surface area contributed by atoms with Gasteiger partial charge in [0.1, 0.15) is 18.1 Å². The minimum absolute atomic E-state index is 0.0756. The highest BCUT2D eigenvalue weighted by Gasteiger charge is 2.42. The van der Waals surface area contributed by atoms with Crippen molar-refractivity contribution in [2.45, 2.75) is 37.6 Å².